The van der Waals surface area contributed by atoms with E-state index in [0.717, 1.165) is 23.8 Å². The van der Waals surface area contributed by atoms with Crippen LogP contribution < -0.4 is 10.6 Å². The fraction of sp³-hybridized carbons (Fsp3) is 0.500. The number of piperidine rings is 1. The van der Waals surface area contributed by atoms with Gasteiger partial charge >= 0.3 is 0 Å². The van der Waals surface area contributed by atoms with Crippen LogP contribution in [0.15, 0.2) is 39.9 Å². The van der Waals surface area contributed by atoms with E-state index in [-0.39, 0.29) is 0 Å². The third-order valence-electron chi connectivity index (χ3n) is 4.91. The number of aromatic nitrogens is 1. The molecule has 2 heterocycles. The molecule has 0 saturated carbocycles. The van der Waals surface area contributed by atoms with Gasteiger partial charge in [-0.3, -0.25) is 4.99 Å². The zero-order chi connectivity index (χ0) is 18.4. The molecule has 1 aliphatic heterocycles. The number of aliphatic imine (C=N–C) groups is 1. The predicted molar refractivity (Wildman–Crippen MR) is 105 cm³/mol. The molecule has 26 heavy (non-hydrogen) atoms. The average molecular weight is 355 g/mol. The SMILES string of the molecule is CN=C(NCc1coc(-c2ccc(C)cc2)n1)NCC1CCN(C)CC1. The van der Waals surface area contributed by atoms with E-state index in [1.807, 2.05) is 12.1 Å². The fourth-order valence-corrected chi connectivity index (χ4v) is 3.12. The van der Waals surface area contributed by atoms with Gasteiger partial charge in [0.1, 0.15) is 6.26 Å². The lowest BCUT2D eigenvalue weighted by atomic mass is 9.97. The van der Waals surface area contributed by atoms with E-state index in [2.05, 4.69) is 51.6 Å². The van der Waals surface area contributed by atoms with Gasteiger partial charge in [-0.1, -0.05) is 17.7 Å². The smallest absolute Gasteiger partial charge is 0.226 e. The maximum Gasteiger partial charge on any atom is 0.226 e. The summed E-state index contributed by atoms with van der Waals surface area (Å²) in [5.41, 5.74) is 3.08. The van der Waals surface area contributed by atoms with Crippen LogP contribution in [0.5, 0.6) is 0 Å². The van der Waals surface area contributed by atoms with Crippen molar-refractivity contribution in [3.05, 3.63) is 41.8 Å². The number of nitrogens with one attached hydrogen (secondary N) is 2. The summed E-state index contributed by atoms with van der Waals surface area (Å²) in [7, 11) is 3.98. The maximum absolute atomic E-state index is 5.61. The molecule has 0 aliphatic carbocycles. The van der Waals surface area contributed by atoms with Crippen LogP contribution >= 0.6 is 0 Å². The third kappa shape index (κ3) is 5.08. The summed E-state index contributed by atoms with van der Waals surface area (Å²) in [6, 6.07) is 8.18. The van der Waals surface area contributed by atoms with E-state index in [9.17, 15) is 0 Å². The van der Waals surface area contributed by atoms with Crippen molar-refractivity contribution in [1.29, 1.82) is 0 Å². The minimum absolute atomic E-state index is 0.586. The van der Waals surface area contributed by atoms with Crippen molar-refractivity contribution in [2.45, 2.75) is 26.3 Å². The molecule has 2 N–H and O–H groups in total. The monoisotopic (exact) mass is 355 g/mol. The number of oxazole rings is 1. The van der Waals surface area contributed by atoms with Gasteiger partial charge in [-0.05, 0) is 58.0 Å². The first-order valence-corrected chi connectivity index (χ1v) is 9.28. The van der Waals surface area contributed by atoms with Crippen molar-refractivity contribution in [2.24, 2.45) is 10.9 Å². The van der Waals surface area contributed by atoms with Crippen LogP contribution in [0.3, 0.4) is 0 Å². The number of hydrogen-bond acceptors (Lipinski definition) is 4. The quantitative estimate of drug-likeness (QED) is 0.638. The van der Waals surface area contributed by atoms with Crippen molar-refractivity contribution in [3.63, 3.8) is 0 Å². The Balaban J connectivity index is 1.47. The highest BCUT2D eigenvalue weighted by atomic mass is 16.3. The Hall–Kier alpha value is -2.34. The van der Waals surface area contributed by atoms with Crippen molar-refractivity contribution in [2.75, 3.05) is 33.7 Å². The first-order valence-electron chi connectivity index (χ1n) is 9.28. The molecule has 0 bridgehead atoms. The van der Waals surface area contributed by atoms with E-state index in [1.165, 1.54) is 31.5 Å². The number of rotatable bonds is 5. The highest BCUT2D eigenvalue weighted by molar-refractivity contribution is 5.79. The normalized spacial score (nSPS) is 16.7. The average Bonchev–Trinajstić information content (AvgIpc) is 3.13. The van der Waals surface area contributed by atoms with Crippen LogP contribution in [0, 0.1) is 12.8 Å². The topological polar surface area (TPSA) is 65.7 Å². The molecule has 6 heteroatoms. The zero-order valence-corrected chi connectivity index (χ0v) is 16.0. The first-order chi connectivity index (χ1) is 12.6. The molecule has 3 rings (SSSR count). The Bertz CT molecular complexity index is 714. The molecule has 1 aromatic carbocycles. The van der Waals surface area contributed by atoms with Gasteiger partial charge in [0.05, 0.1) is 12.2 Å². The van der Waals surface area contributed by atoms with E-state index in [4.69, 9.17) is 4.42 Å². The number of guanidine groups is 1. The van der Waals surface area contributed by atoms with Crippen molar-refractivity contribution in [3.8, 4) is 11.5 Å². The van der Waals surface area contributed by atoms with Crippen LogP contribution in [0.1, 0.15) is 24.1 Å². The standard InChI is InChI=1S/C20H29N5O/c1-15-4-6-17(7-5-15)19-24-18(14-26-19)13-23-20(21-2)22-12-16-8-10-25(3)11-9-16/h4-7,14,16H,8-13H2,1-3H3,(H2,21,22,23). The molecule has 2 aromatic rings. The molecular formula is C20H29N5O. The minimum Gasteiger partial charge on any atom is -0.444 e. The fourth-order valence-electron chi connectivity index (χ4n) is 3.12. The molecule has 0 spiro atoms. The predicted octanol–water partition coefficient (Wildman–Crippen LogP) is 2.66. The molecule has 1 fully saturated rings. The van der Waals surface area contributed by atoms with Crippen LogP contribution in [0.25, 0.3) is 11.5 Å². The van der Waals surface area contributed by atoms with Crippen molar-refractivity contribution < 1.29 is 4.42 Å². The van der Waals surface area contributed by atoms with E-state index in [1.54, 1.807) is 13.3 Å². The number of aryl methyl sites for hydroxylation is 1. The van der Waals surface area contributed by atoms with Crippen LogP contribution in [-0.2, 0) is 6.54 Å². The van der Waals surface area contributed by atoms with Gasteiger partial charge in [-0.25, -0.2) is 4.98 Å². The molecule has 1 saturated heterocycles. The summed E-state index contributed by atoms with van der Waals surface area (Å²) in [4.78, 5) is 11.2. The van der Waals surface area contributed by atoms with Crippen molar-refractivity contribution >= 4 is 5.96 Å². The van der Waals surface area contributed by atoms with Gasteiger partial charge in [-0.2, -0.15) is 0 Å². The summed E-state index contributed by atoms with van der Waals surface area (Å²) in [6.45, 7) is 5.97. The van der Waals surface area contributed by atoms with Gasteiger partial charge in [0.25, 0.3) is 0 Å². The Morgan fingerprint density at radius 1 is 1.23 bits per heavy atom. The molecule has 1 aliphatic rings. The van der Waals surface area contributed by atoms with Gasteiger partial charge in [0.2, 0.25) is 5.89 Å². The highest BCUT2D eigenvalue weighted by Crippen LogP contribution is 2.19. The van der Waals surface area contributed by atoms with Crippen LogP contribution in [0.4, 0.5) is 0 Å². The molecule has 140 valence electrons. The summed E-state index contributed by atoms with van der Waals surface area (Å²) in [5, 5.41) is 6.74. The van der Waals surface area contributed by atoms with Gasteiger partial charge in [0.15, 0.2) is 5.96 Å². The van der Waals surface area contributed by atoms with Crippen molar-refractivity contribution in [1.82, 2.24) is 20.5 Å². The Labute approximate surface area is 155 Å². The highest BCUT2D eigenvalue weighted by Gasteiger charge is 2.16. The Morgan fingerprint density at radius 2 is 1.96 bits per heavy atom. The first kappa shape index (κ1) is 18.5. The van der Waals surface area contributed by atoms with Gasteiger partial charge < -0.3 is 20.0 Å². The van der Waals surface area contributed by atoms with E-state index in [0.29, 0.717) is 18.4 Å². The van der Waals surface area contributed by atoms with Crippen LogP contribution in [-0.4, -0.2) is 49.6 Å². The minimum atomic E-state index is 0.586. The Kier molecular flexibility index (Phi) is 6.28. The molecular weight excluding hydrogens is 326 g/mol. The number of hydrogen-bond donors (Lipinski definition) is 2. The summed E-state index contributed by atoms with van der Waals surface area (Å²) in [6.07, 6.45) is 4.18. The number of benzene rings is 1. The second kappa shape index (κ2) is 8.85. The maximum atomic E-state index is 5.61. The second-order valence-corrected chi connectivity index (χ2v) is 7.06. The summed E-state index contributed by atoms with van der Waals surface area (Å²) in [5.74, 6) is 2.17. The van der Waals surface area contributed by atoms with Gasteiger partial charge in [0, 0.05) is 19.2 Å². The molecule has 0 unspecified atom stereocenters. The molecule has 1 aromatic heterocycles. The van der Waals surface area contributed by atoms with Crippen LogP contribution in [0.2, 0.25) is 0 Å². The molecule has 0 amide bonds. The summed E-state index contributed by atoms with van der Waals surface area (Å²) >= 11 is 0. The van der Waals surface area contributed by atoms with Gasteiger partial charge in [-0.15, -0.1) is 0 Å². The zero-order valence-electron chi connectivity index (χ0n) is 16.0. The summed E-state index contributed by atoms with van der Waals surface area (Å²) < 4.78 is 5.61. The van der Waals surface area contributed by atoms with E-state index < -0.39 is 0 Å². The Morgan fingerprint density at radius 3 is 2.65 bits per heavy atom. The number of nitrogens with zero attached hydrogens (tertiary/aromatic N) is 3. The lowest BCUT2D eigenvalue weighted by molar-refractivity contribution is 0.220. The largest absolute Gasteiger partial charge is 0.444 e. The molecule has 0 atom stereocenters. The lowest BCUT2D eigenvalue weighted by Crippen LogP contribution is -2.42. The molecule has 6 nitrogen and oxygen atoms in total. The lowest BCUT2D eigenvalue weighted by Gasteiger charge is -2.29. The molecule has 0 radical (unpaired) electrons. The third-order valence-corrected chi connectivity index (χ3v) is 4.91. The number of likely N-dealkylation sites (tertiary alicyclic amines) is 1. The van der Waals surface area contributed by atoms with E-state index >= 15 is 0 Å². The second-order valence-electron chi connectivity index (χ2n) is 7.06.